The first-order valence-corrected chi connectivity index (χ1v) is 16.7. The summed E-state index contributed by atoms with van der Waals surface area (Å²) in [6.45, 7) is 0. The Morgan fingerprint density at radius 3 is 1.85 bits per heavy atom. The van der Waals surface area contributed by atoms with Crippen molar-refractivity contribution in [1.82, 2.24) is 20.6 Å². The van der Waals surface area contributed by atoms with Gasteiger partial charge in [-0.25, -0.2) is 9.26 Å². The quantitative estimate of drug-likeness (QED) is 0.107. The first-order chi connectivity index (χ1) is 16.7. The lowest BCUT2D eigenvalue weighted by molar-refractivity contribution is 0.315. The summed E-state index contributed by atoms with van der Waals surface area (Å²) in [5, 5.41) is 15.1. The van der Waals surface area contributed by atoms with Gasteiger partial charge in [0.05, 0.1) is 7.11 Å². The van der Waals surface area contributed by atoms with E-state index in [1.165, 1.54) is 25.8 Å². The highest BCUT2D eigenvalue weighted by molar-refractivity contribution is 9.09. The predicted octanol–water partition coefficient (Wildman–Crippen LogP) is 7.77. The summed E-state index contributed by atoms with van der Waals surface area (Å²) in [5.41, 5.74) is 5.63. The number of thiol groups is 1. The Balaban J connectivity index is 0.000000180. The number of hydrogen-bond donors (Lipinski definition) is 1. The summed E-state index contributed by atoms with van der Waals surface area (Å²) in [5.74, 6) is 2.71. The molecule has 0 bridgehead atoms. The van der Waals surface area contributed by atoms with Crippen LogP contribution in [0.2, 0.25) is 0 Å². The molecule has 0 radical (unpaired) electrons. The molecule has 0 spiro atoms. The lowest BCUT2D eigenvalue weighted by Gasteiger charge is -2.03. The van der Waals surface area contributed by atoms with Gasteiger partial charge in [0.2, 0.25) is 0 Å². The van der Waals surface area contributed by atoms with Crippen LogP contribution in [0.5, 0.6) is 5.75 Å². The number of ether oxygens (including phenoxy) is 1. The van der Waals surface area contributed by atoms with E-state index in [4.69, 9.17) is 9.37 Å². The number of aromatic nitrogens is 4. The van der Waals surface area contributed by atoms with E-state index in [2.05, 4.69) is 55.1 Å². The minimum atomic E-state index is 0.795. The lowest BCUT2D eigenvalue weighted by atomic mass is 10.2. The summed E-state index contributed by atoms with van der Waals surface area (Å²) in [6.07, 6.45) is 0. The molecule has 7 nitrogen and oxygen atoms in total. The van der Waals surface area contributed by atoms with Crippen LogP contribution in [-0.2, 0) is 11.5 Å². The zero-order valence-electron chi connectivity index (χ0n) is 17.7. The van der Waals surface area contributed by atoms with Gasteiger partial charge in [-0.3, -0.25) is 0 Å². The molecule has 0 aliphatic rings. The molecule has 0 unspecified atom stereocenters. The van der Waals surface area contributed by atoms with Gasteiger partial charge in [-0.05, 0) is 111 Å². The van der Waals surface area contributed by atoms with Gasteiger partial charge in [0.15, 0.2) is 0 Å². The Bertz CT molecular complexity index is 1310. The van der Waals surface area contributed by atoms with Gasteiger partial charge in [0.25, 0.3) is 0 Å². The maximum atomic E-state index is 5.14. The molecular weight excluding hydrogens is 549 g/mol. The Hall–Kier alpha value is -1.64. The molecule has 0 aliphatic heterocycles. The largest absolute Gasteiger partial charge is 0.497 e. The minimum absolute atomic E-state index is 0.795. The van der Waals surface area contributed by atoms with E-state index in [1.54, 1.807) is 49.3 Å². The number of rotatable bonds is 9. The molecular formula is C21H18N4O3S6. The fourth-order valence-electron chi connectivity index (χ4n) is 2.72. The molecule has 0 aliphatic carbocycles. The van der Waals surface area contributed by atoms with Crippen molar-refractivity contribution >= 4 is 85.8 Å². The Morgan fingerprint density at radius 1 is 0.735 bits per heavy atom. The fraction of sp³-hybridized carbons (Fsp3) is 0.143. The highest BCUT2D eigenvalue weighted by atomic mass is 33.5. The molecule has 0 atom stereocenters. The standard InChI is InChI=1S/C14H12N2O2S3.C7H6N2OS3/c1-17-11-3-5-12(6-4-11)20-21-19-9-10-2-7-13-14(8-10)16-18-15-13;11-13-12-4-5-1-2-6-7(3-5)9-10-8-6/h2-8H,9H2,1H3;1-3,11H,4H2. The van der Waals surface area contributed by atoms with E-state index >= 15 is 0 Å². The van der Waals surface area contributed by atoms with Crippen molar-refractivity contribution in [3.63, 3.8) is 0 Å². The van der Waals surface area contributed by atoms with Crippen LogP contribution in [0.1, 0.15) is 11.1 Å². The van der Waals surface area contributed by atoms with E-state index in [1.807, 2.05) is 42.5 Å². The third-order valence-corrected chi connectivity index (χ3v) is 10.5. The monoisotopic (exact) mass is 566 g/mol. The predicted molar refractivity (Wildman–Crippen MR) is 149 cm³/mol. The van der Waals surface area contributed by atoms with Crippen molar-refractivity contribution < 1.29 is 14.0 Å². The summed E-state index contributed by atoms with van der Waals surface area (Å²) < 4.78 is 14.4. The van der Waals surface area contributed by atoms with Gasteiger partial charge in [-0.15, -0.1) is 0 Å². The van der Waals surface area contributed by atoms with Crippen LogP contribution in [-0.4, -0.2) is 27.7 Å². The average molecular weight is 567 g/mol. The number of fused-ring (bicyclic) bond motifs is 2. The number of hydrogen-bond acceptors (Lipinski definition) is 13. The number of methoxy groups -OCH3 is 1. The first-order valence-electron chi connectivity index (χ1n) is 9.71. The molecule has 0 saturated heterocycles. The molecule has 176 valence electrons. The topological polar surface area (TPSA) is 87.1 Å². The van der Waals surface area contributed by atoms with Gasteiger partial charge in [0.1, 0.15) is 27.8 Å². The molecule has 13 heteroatoms. The van der Waals surface area contributed by atoms with Crippen molar-refractivity contribution in [3.05, 3.63) is 71.8 Å². The zero-order chi connectivity index (χ0) is 23.6. The van der Waals surface area contributed by atoms with Crippen molar-refractivity contribution in [2.45, 2.75) is 16.4 Å². The van der Waals surface area contributed by atoms with Crippen molar-refractivity contribution in [2.75, 3.05) is 7.11 Å². The lowest BCUT2D eigenvalue weighted by Crippen LogP contribution is -1.80. The van der Waals surface area contributed by atoms with Crippen LogP contribution >= 0.6 is 63.7 Å². The molecule has 5 rings (SSSR count). The van der Waals surface area contributed by atoms with Crippen LogP contribution in [0, 0.1) is 0 Å². The van der Waals surface area contributed by atoms with Gasteiger partial charge in [0, 0.05) is 16.4 Å². The molecule has 0 saturated carbocycles. The second-order valence-electron chi connectivity index (χ2n) is 6.60. The number of nitrogens with zero attached hydrogens (tertiary/aromatic N) is 4. The normalized spacial score (nSPS) is 10.9. The minimum Gasteiger partial charge on any atom is -0.497 e. The Labute approximate surface area is 220 Å². The van der Waals surface area contributed by atoms with Crippen molar-refractivity contribution in [2.24, 2.45) is 0 Å². The van der Waals surface area contributed by atoms with E-state index in [0.29, 0.717) is 0 Å². The highest BCUT2D eigenvalue weighted by Crippen LogP contribution is 2.42. The van der Waals surface area contributed by atoms with Gasteiger partial charge >= 0.3 is 0 Å². The van der Waals surface area contributed by atoms with Gasteiger partial charge < -0.3 is 4.74 Å². The second kappa shape index (κ2) is 13.4. The van der Waals surface area contributed by atoms with E-state index in [0.717, 1.165) is 39.3 Å². The zero-order valence-corrected chi connectivity index (χ0v) is 22.7. The highest BCUT2D eigenvalue weighted by Gasteiger charge is 2.03. The maximum Gasteiger partial charge on any atom is 0.135 e. The first kappa shape index (κ1) is 25.5. The van der Waals surface area contributed by atoms with E-state index < -0.39 is 0 Å². The molecule has 2 heterocycles. The SMILES string of the molecule is COc1ccc(SSSCc2ccc3nonc3c2)cc1.SSSCc1ccc2nonc2c1. The van der Waals surface area contributed by atoms with Crippen LogP contribution in [0.15, 0.2) is 74.8 Å². The van der Waals surface area contributed by atoms with E-state index in [9.17, 15) is 0 Å². The smallest absolute Gasteiger partial charge is 0.135 e. The van der Waals surface area contributed by atoms with Crippen molar-refractivity contribution in [3.8, 4) is 5.75 Å². The molecule has 5 aromatic rings. The summed E-state index contributed by atoms with van der Waals surface area (Å²) in [4.78, 5) is 1.21. The van der Waals surface area contributed by atoms with Crippen LogP contribution in [0.25, 0.3) is 22.1 Å². The van der Waals surface area contributed by atoms with Crippen LogP contribution < -0.4 is 4.74 Å². The molecule has 0 N–H and O–H groups in total. The third-order valence-electron chi connectivity index (χ3n) is 4.38. The number of benzene rings is 3. The van der Waals surface area contributed by atoms with Gasteiger partial charge in [-0.1, -0.05) is 45.4 Å². The van der Waals surface area contributed by atoms with Crippen LogP contribution in [0.3, 0.4) is 0 Å². The third kappa shape index (κ3) is 7.43. The Kier molecular flexibility index (Phi) is 10.1. The van der Waals surface area contributed by atoms with E-state index in [-0.39, 0.29) is 0 Å². The van der Waals surface area contributed by atoms with Crippen LogP contribution in [0.4, 0.5) is 0 Å². The second-order valence-corrected chi connectivity index (χ2v) is 13.9. The Morgan fingerprint density at radius 2 is 1.29 bits per heavy atom. The summed E-state index contributed by atoms with van der Waals surface area (Å²) >= 11 is 4.05. The molecule has 2 aromatic heterocycles. The van der Waals surface area contributed by atoms with Gasteiger partial charge in [-0.2, -0.15) is 0 Å². The fourth-order valence-corrected chi connectivity index (χ4v) is 7.70. The summed E-state index contributed by atoms with van der Waals surface area (Å²) in [6, 6.07) is 20.0. The van der Waals surface area contributed by atoms with Crippen molar-refractivity contribution in [1.29, 1.82) is 0 Å². The molecule has 3 aromatic carbocycles. The molecule has 0 amide bonds. The summed E-state index contributed by atoms with van der Waals surface area (Å²) in [7, 11) is 10.1. The average Bonchev–Trinajstić information content (AvgIpc) is 3.55. The molecule has 0 fully saturated rings. The maximum absolute atomic E-state index is 5.14. The molecule has 34 heavy (non-hydrogen) atoms.